The lowest BCUT2D eigenvalue weighted by molar-refractivity contribution is 0.579. The third-order valence-electron chi connectivity index (χ3n) is 3.80. The lowest BCUT2D eigenvalue weighted by atomic mass is 10.2. The van der Waals surface area contributed by atoms with Crippen LogP contribution in [0.5, 0.6) is 0 Å². The summed E-state index contributed by atoms with van der Waals surface area (Å²) in [5.74, 6) is -0.435. The van der Waals surface area contributed by atoms with Gasteiger partial charge in [0.05, 0.1) is 27.4 Å². The number of aryl methyl sites for hydroxylation is 1. The largest absolute Gasteiger partial charge is 0.275 e. The summed E-state index contributed by atoms with van der Waals surface area (Å²) in [6.07, 6.45) is 0. The van der Waals surface area contributed by atoms with Crippen LogP contribution >= 0.6 is 38.9 Å². The molecule has 2 aromatic heterocycles. The van der Waals surface area contributed by atoms with E-state index in [4.69, 9.17) is 11.6 Å². The zero-order valence-corrected chi connectivity index (χ0v) is 17.7. The van der Waals surface area contributed by atoms with E-state index in [2.05, 4.69) is 25.8 Å². The van der Waals surface area contributed by atoms with Gasteiger partial charge in [0.15, 0.2) is 0 Å². The van der Waals surface area contributed by atoms with E-state index in [1.807, 2.05) is 0 Å². The van der Waals surface area contributed by atoms with E-state index < -0.39 is 15.8 Å². The van der Waals surface area contributed by atoms with E-state index in [0.29, 0.717) is 27.7 Å². The lowest BCUT2D eigenvalue weighted by Gasteiger charge is -2.09. The molecule has 3 aromatic rings. The lowest BCUT2D eigenvalue weighted by Crippen LogP contribution is -2.13. The second-order valence-electron chi connectivity index (χ2n) is 5.57. The van der Waals surface area contributed by atoms with Crippen molar-refractivity contribution in [3.63, 3.8) is 0 Å². The molecule has 0 saturated heterocycles. The Morgan fingerprint density at radius 3 is 2.65 bits per heavy atom. The molecule has 0 atom stereocenters. The molecule has 10 heteroatoms. The summed E-state index contributed by atoms with van der Waals surface area (Å²) in [6.45, 7) is 3.51. The van der Waals surface area contributed by atoms with Gasteiger partial charge in [-0.25, -0.2) is 12.8 Å². The van der Waals surface area contributed by atoms with Gasteiger partial charge in [-0.2, -0.15) is 5.10 Å². The highest BCUT2D eigenvalue weighted by molar-refractivity contribution is 9.11. The first-order valence-corrected chi connectivity index (χ1v) is 10.9. The quantitative estimate of drug-likeness (QED) is 0.563. The Labute approximate surface area is 168 Å². The molecule has 0 aliphatic carbocycles. The van der Waals surface area contributed by atoms with Gasteiger partial charge in [-0.15, -0.1) is 11.3 Å². The molecule has 1 N–H and O–H groups in total. The predicted molar refractivity (Wildman–Crippen MR) is 105 cm³/mol. The first-order chi connectivity index (χ1) is 12.2. The highest BCUT2D eigenvalue weighted by Crippen LogP contribution is 2.30. The first kappa shape index (κ1) is 19.3. The van der Waals surface area contributed by atoms with Gasteiger partial charge < -0.3 is 0 Å². The van der Waals surface area contributed by atoms with E-state index in [9.17, 15) is 12.8 Å². The summed E-state index contributed by atoms with van der Waals surface area (Å²) in [5.41, 5.74) is 1.74. The van der Waals surface area contributed by atoms with Crippen molar-refractivity contribution in [2.75, 3.05) is 4.72 Å². The topological polar surface area (TPSA) is 64.0 Å². The van der Waals surface area contributed by atoms with E-state index in [1.165, 1.54) is 22.9 Å². The van der Waals surface area contributed by atoms with Crippen molar-refractivity contribution in [3.8, 4) is 0 Å². The Bertz CT molecular complexity index is 1060. The van der Waals surface area contributed by atoms with Gasteiger partial charge in [-0.3, -0.25) is 9.40 Å². The zero-order chi connectivity index (χ0) is 19.1. The fourth-order valence-corrected chi connectivity index (χ4v) is 5.87. The van der Waals surface area contributed by atoms with Crippen LogP contribution in [0.3, 0.4) is 0 Å². The minimum Gasteiger partial charge on any atom is -0.275 e. The van der Waals surface area contributed by atoms with Gasteiger partial charge in [0.1, 0.15) is 10.0 Å². The Balaban J connectivity index is 1.94. The standard InChI is InChI=1S/C16H14BrClFN3O2S2/c1-9-16(21-26(23,24)15-7-6-14(17)25-15)10(2)22(20-9)8-11-12(18)4-3-5-13(11)19/h3-7,21H,8H2,1-2H3. The maximum absolute atomic E-state index is 14.0. The molecule has 0 radical (unpaired) electrons. The molecule has 2 heterocycles. The van der Waals surface area contributed by atoms with Gasteiger partial charge in [-0.05, 0) is 54.0 Å². The molecule has 0 fully saturated rings. The molecule has 3 rings (SSSR count). The fraction of sp³-hybridized carbons (Fsp3) is 0.188. The molecule has 0 unspecified atom stereocenters. The van der Waals surface area contributed by atoms with Crippen molar-refractivity contribution < 1.29 is 12.8 Å². The van der Waals surface area contributed by atoms with Crippen LogP contribution in [-0.2, 0) is 16.6 Å². The molecular formula is C16H14BrClFN3O2S2. The van der Waals surface area contributed by atoms with Gasteiger partial charge in [-0.1, -0.05) is 17.7 Å². The molecule has 0 spiro atoms. The minimum absolute atomic E-state index is 0.102. The number of nitrogens with zero attached hydrogens (tertiary/aromatic N) is 2. The van der Waals surface area contributed by atoms with Crippen molar-refractivity contribution >= 4 is 54.6 Å². The summed E-state index contributed by atoms with van der Waals surface area (Å²) in [6, 6.07) is 7.64. The Hall–Kier alpha value is -1.42. The first-order valence-electron chi connectivity index (χ1n) is 7.44. The number of nitrogens with one attached hydrogen (secondary N) is 1. The number of aromatic nitrogens is 2. The van der Waals surface area contributed by atoms with Crippen LogP contribution in [0.25, 0.3) is 0 Å². The molecule has 0 saturated carbocycles. The summed E-state index contributed by atoms with van der Waals surface area (Å²) < 4.78 is 44.1. The monoisotopic (exact) mass is 477 g/mol. The van der Waals surface area contributed by atoms with Crippen LogP contribution in [0.4, 0.5) is 10.1 Å². The van der Waals surface area contributed by atoms with Crippen molar-refractivity contribution in [1.82, 2.24) is 9.78 Å². The molecule has 1 aromatic carbocycles. The number of sulfonamides is 1. The normalized spacial score (nSPS) is 11.7. The maximum atomic E-state index is 14.0. The Morgan fingerprint density at radius 1 is 1.31 bits per heavy atom. The minimum atomic E-state index is -3.73. The Kier molecular flexibility index (Phi) is 5.43. The smallest absolute Gasteiger partial charge is 0.271 e. The van der Waals surface area contributed by atoms with Crippen LogP contribution in [0.1, 0.15) is 17.0 Å². The van der Waals surface area contributed by atoms with Gasteiger partial charge in [0.25, 0.3) is 10.0 Å². The number of rotatable bonds is 5. The molecule has 138 valence electrons. The summed E-state index contributed by atoms with van der Waals surface area (Å²) >= 11 is 10.4. The van der Waals surface area contributed by atoms with Crippen LogP contribution in [0.2, 0.25) is 5.02 Å². The number of hydrogen-bond acceptors (Lipinski definition) is 4. The number of halogens is 3. The van der Waals surface area contributed by atoms with Crippen LogP contribution < -0.4 is 4.72 Å². The van der Waals surface area contributed by atoms with Crippen molar-refractivity contribution in [3.05, 3.63) is 61.9 Å². The Morgan fingerprint density at radius 2 is 2.04 bits per heavy atom. The third kappa shape index (κ3) is 3.80. The van der Waals surface area contributed by atoms with Crippen molar-refractivity contribution in [1.29, 1.82) is 0 Å². The highest BCUT2D eigenvalue weighted by atomic mass is 79.9. The maximum Gasteiger partial charge on any atom is 0.271 e. The van der Waals surface area contributed by atoms with E-state index in [-0.39, 0.29) is 10.8 Å². The molecule has 26 heavy (non-hydrogen) atoms. The number of thiophene rings is 1. The van der Waals surface area contributed by atoms with Gasteiger partial charge in [0, 0.05) is 10.6 Å². The molecular weight excluding hydrogens is 465 g/mol. The zero-order valence-electron chi connectivity index (χ0n) is 13.8. The van der Waals surface area contributed by atoms with Crippen molar-refractivity contribution in [2.45, 2.75) is 24.6 Å². The molecule has 0 bridgehead atoms. The number of hydrogen-bond donors (Lipinski definition) is 1. The van der Waals surface area contributed by atoms with Crippen molar-refractivity contribution in [2.24, 2.45) is 0 Å². The molecule has 5 nitrogen and oxygen atoms in total. The molecule has 0 aliphatic heterocycles. The molecule has 0 aliphatic rings. The second-order valence-corrected chi connectivity index (χ2v) is 10.3. The second kappa shape index (κ2) is 7.30. The number of benzene rings is 1. The van der Waals surface area contributed by atoms with Crippen LogP contribution in [0, 0.1) is 19.7 Å². The molecule has 0 amide bonds. The average molecular weight is 479 g/mol. The number of anilines is 1. The van der Waals surface area contributed by atoms with E-state index in [1.54, 1.807) is 26.0 Å². The fourth-order valence-electron chi connectivity index (χ4n) is 2.46. The third-order valence-corrected chi connectivity index (χ3v) is 7.62. The summed E-state index contributed by atoms with van der Waals surface area (Å²) in [7, 11) is -3.73. The van der Waals surface area contributed by atoms with Gasteiger partial charge in [0.2, 0.25) is 0 Å². The van der Waals surface area contributed by atoms with Crippen LogP contribution in [-0.4, -0.2) is 18.2 Å². The summed E-state index contributed by atoms with van der Waals surface area (Å²) in [5, 5.41) is 4.62. The summed E-state index contributed by atoms with van der Waals surface area (Å²) in [4.78, 5) is 0. The predicted octanol–water partition coefficient (Wildman–Crippen LogP) is 4.97. The van der Waals surface area contributed by atoms with E-state index in [0.717, 1.165) is 15.1 Å². The van der Waals surface area contributed by atoms with E-state index >= 15 is 0 Å². The average Bonchev–Trinajstić information content (AvgIpc) is 3.11. The highest BCUT2D eigenvalue weighted by Gasteiger charge is 2.22. The SMILES string of the molecule is Cc1nn(Cc2c(F)cccc2Cl)c(C)c1NS(=O)(=O)c1ccc(Br)s1. The van der Waals surface area contributed by atoms with Gasteiger partial charge >= 0.3 is 0 Å². The van der Waals surface area contributed by atoms with Crippen LogP contribution in [0.15, 0.2) is 38.3 Å².